The van der Waals surface area contributed by atoms with Crippen LogP contribution in [0.3, 0.4) is 0 Å². The van der Waals surface area contributed by atoms with Crippen molar-refractivity contribution in [3.05, 3.63) is 11.6 Å². The summed E-state index contributed by atoms with van der Waals surface area (Å²) in [4.78, 5) is 11.5. The summed E-state index contributed by atoms with van der Waals surface area (Å²) in [6.07, 6.45) is 1.04. The molecule has 5 heteroatoms. The van der Waals surface area contributed by atoms with Crippen molar-refractivity contribution in [2.75, 3.05) is 26.4 Å². The van der Waals surface area contributed by atoms with Gasteiger partial charge in [0, 0.05) is 17.4 Å². The van der Waals surface area contributed by atoms with Crippen LogP contribution in [0.2, 0.25) is 0 Å². The van der Waals surface area contributed by atoms with E-state index in [2.05, 4.69) is 0 Å². The molecule has 1 aliphatic heterocycles. The van der Waals surface area contributed by atoms with Crippen LogP contribution in [-0.4, -0.2) is 43.8 Å². The van der Waals surface area contributed by atoms with Crippen molar-refractivity contribution in [2.24, 2.45) is 11.3 Å². The quantitative estimate of drug-likeness (QED) is 0.607. The Morgan fingerprint density at radius 3 is 2.42 bits per heavy atom. The van der Waals surface area contributed by atoms with Crippen LogP contribution >= 0.6 is 0 Å². The van der Waals surface area contributed by atoms with Crippen LogP contribution in [0, 0.1) is 11.3 Å². The van der Waals surface area contributed by atoms with Crippen LogP contribution < -0.4 is 0 Å². The molecule has 5 nitrogen and oxygen atoms in total. The van der Waals surface area contributed by atoms with E-state index in [-0.39, 0.29) is 25.1 Å². The van der Waals surface area contributed by atoms with E-state index >= 15 is 0 Å². The zero-order valence-electron chi connectivity index (χ0n) is 12.1. The van der Waals surface area contributed by atoms with Gasteiger partial charge in [-0.1, -0.05) is 19.4 Å². The lowest BCUT2D eigenvalue weighted by Crippen LogP contribution is -2.44. The average Bonchev–Trinajstić information content (AvgIpc) is 2.36. The third-order valence-electron chi connectivity index (χ3n) is 2.86. The lowest BCUT2D eigenvalue weighted by molar-refractivity contribution is -0.255. The summed E-state index contributed by atoms with van der Waals surface area (Å²) in [5.41, 5.74) is 0.477. The summed E-state index contributed by atoms with van der Waals surface area (Å²) in [6.45, 7) is 8.74. The highest BCUT2D eigenvalue weighted by molar-refractivity contribution is 5.82. The number of esters is 1. The number of carbonyl (C=O) groups is 1. The van der Waals surface area contributed by atoms with Gasteiger partial charge in [-0.05, 0) is 13.8 Å². The number of hydrogen-bond acceptors (Lipinski definition) is 5. The van der Waals surface area contributed by atoms with Gasteiger partial charge < -0.3 is 19.3 Å². The number of allylic oxidation sites excluding steroid dienone is 1. The lowest BCUT2D eigenvalue weighted by Gasteiger charge is -2.38. The molecule has 1 heterocycles. The second-order valence-electron chi connectivity index (χ2n) is 5.87. The Morgan fingerprint density at radius 1 is 1.37 bits per heavy atom. The molecule has 0 atom stereocenters. The Kier molecular flexibility index (Phi) is 5.97. The van der Waals surface area contributed by atoms with Crippen LogP contribution in [0.5, 0.6) is 0 Å². The van der Waals surface area contributed by atoms with Gasteiger partial charge in [0.25, 0.3) is 0 Å². The summed E-state index contributed by atoms with van der Waals surface area (Å²) >= 11 is 0. The van der Waals surface area contributed by atoms with E-state index in [1.807, 2.05) is 27.7 Å². The molecule has 0 bridgehead atoms. The number of aliphatic hydroxyl groups excluding tert-OH is 1. The largest absolute Gasteiger partial charge is 0.462 e. The Hall–Kier alpha value is -0.910. The smallest absolute Gasteiger partial charge is 0.330 e. The fourth-order valence-electron chi connectivity index (χ4n) is 1.70. The molecule has 0 aliphatic carbocycles. The van der Waals surface area contributed by atoms with Crippen LogP contribution in [0.25, 0.3) is 0 Å². The highest BCUT2D eigenvalue weighted by atomic mass is 16.7. The second kappa shape index (κ2) is 7.03. The highest BCUT2D eigenvalue weighted by Crippen LogP contribution is 2.28. The van der Waals surface area contributed by atoms with Gasteiger partial charge in [0.15, 0.2) is 6.29 Å². The molecule has 1 N–H and O–H groups in total. The summed E-state index contributed by atoms with van der Waals surface area (Å²) in [7, 11) is 0. The molecule has 0 aromatic heterocycles. The summed E-state index contributed by atoms with van der Waals surface area (Å²) in [5, 5.41) is 9.00. The zero-order chi connectivity index (χ0) is 14.5. The molecule has 110 valence electrons. The fraction of sp³-hybridized carbons (Fsp3) is 0.786. The van der Waals surface area contributed by atoms with E-state index in [1.54, 1.807) is 0 Å². The van der Waals surface area contributed by atoms with Gasteiger partial charge in [-0.25, -0.2) is 4.79 Å². The molecule has 0 aromatic carbocycles. The monoisotopic (exact) mass is 272 g/mol. The van der Waals surface area contributed by atoms with E-state index in [9.17, 15) is 4.79 Å². The number of rotatable bonds is 5. The van der Waals surface area contributed by atoms with E-state index < -0.39 is 11.7 Å². The van der Waals surface area contributed by atoms with Gasteiger partial charge in [-0.15, -0.1) is 0 Å². The van der Waals surface area contributed by atoms with Crippen molar-refractivity contribution >= 4 is 5.97 Å². The SMILES string of the molecule is CC(C)=CC(=O)OCC(C)(C)C1OCC(CO)CO1. The van der Waals surface area contributed by atoms with Crippen molar-refractivity contribution < 1.29 is 24.1 Å². The topological polar surface area (TPSA) is 65.0 Å². The lowest BCUT2D eigenvalue weighted by atomic mass is 9.93. The molecular formula is C14H24O5. The average molecular weight is 272 g/mol. The molecule has 1 fully saturated rings. The molecule has 0 amide bonds. The summed E-state index contributed by atoms with van der Waals surface area (Å²) in [5.74, 6) is -0.322. The maximum absolute atomic E-state index is 11.5. The Morgan fingerprint density at radius 2 is 1.95 bits per heavy atom. The molecule has 0 saturated carbocycles. The van der Waals surface area contributed by atoms with Gasteiger partial charge in [0.2, 0.25) is 0 Å². The summed E-state index contributed by atoms with van der Waals surface area (Å²) < 4.78 is 16.3. The number of carbonyl (C=O) groups excluding carboxylic acids is 1. The number of hydrogen-bond donors (Lipinski definition) is 1. The van der Waals surface area contributed by atoms with Crippen molar-refractivity contribution in [3.63, 3.8) is 0 Å². The molecule has 1 aliphatic rings. The first-order chi connectivity index (χ1) is 8.85. The Bertz CT molecular complexity index is 323. The molecule has 0 unspecified atom stereocenters. The van der Waals surface area contributed by atoms with Crippen molar-refractivity contribution in [2.45, 2.75) is 34.0 Å². The second-order valence-corrected chi connectivity index (χ2v) is 5.87. The molecule has 1 saturated heterocycles. The maximum Gasteiger partial charge on any atom is 0.330 e. The first kappa shape index (κ1) is 16.1. The third kappa shape index (κ3) is 5.30. The van der Waals surface area contributed by atoms with E-state index in [4.69, 9.17) is 19.3 Å². The minimum atomic E-state index is -0.425. The maximum atomic E-state index is 11.5. The molecule has 1 rings (SSSR count). The number of aliphatic hydroxyl groups is 1. The predicted molar refractivity (Wildman–Crippen MR) is 70.4 cm³/mol. The first-order valence-electron chi connectivity index (χ1n) is 6.51. The first-order valence-corrected chi connectivity index (χ1v) is 6.51. The Balaban J connectivity index is 2.43. The van der Waals surface area contributed by atoms with E-state index in [1.165, 1.54) is 6.08 Å². The highest BCUT2D eigenvalue weighted by Gasteiger charge is 2.36. The van der Waals surface area contributed by atoms with Gasteiger partial charge in [0.1, 0.15) is 6.61 Å². The Labute approximate surface area is 114 Å². The minimum absolute atomic E-state index is 0.0280. The van der Waals surface area contributed by atoms with Gasteiger partial charge in [0.05, 0.1) is 19.8 Å². The van der Waals surface area contributed by atoms with Crippen LogP contribution in [-0.2, 0) is 19.0 Å². The molecular weight excluding hydrogens is 248 g/mol. The zero-order valence-corrected chi connectivity index (χ0v) is 12.1. The van der Waals surface area contributed by atoms with Gasteiger partial charge in [-0.3, -0.25) is 0 Å². The van der Waals surface area contributed by atoms with Crippen LogP contribution in [0.15, 0.2) is 11.6 Å². The van der Waals surface area contributed by atoms with Crippen molar-refractivity contribution in [3.8, 4) is 0 Å². The minimum Gasteiger partial charge on any atom is -0.462 e. The third-order valence-corrected chi connectivity index (χ3v) is 2.86. The number of ether oxygens (including phenoxy) is 3. The summed E-state index contributed by atoms with van der Waals surface area (Å²) in [6, 6.07) is 0. The normalized spacial score (nSPS) is 23.8. The van der Waals surface area contributed by atoms with Crippen LogP contribution in [0.1, 0.15) is 27.7 Å². The standard InChI is InChI=1S/C14H24O5/c1-10(2)5-12(16)19-9-14(3,4)13-17-7-11(6-15)8-18-13/h5,11,13,15H,6-9H2,1-4H3. The van der Waals surface area contributed by atoms with Crippen LogP contribution in [0.4, 0.5) is 0 Å². The van der Waals surface area contributed by atoms with Crippen molar-refractivity contribution in [1.29, 1.82) is 0 Å². The predicted octanol–water partition coefficient (Wildman–Crippen LogP) is 1.50. The van der Waals surface area contributed by atoms with Gasteiger partial charge >= 0.3 is 5.97 Å². The molecule has 0 spiro atoms. The fourth-order valence-corrected chi connectivity index (χ4v) is 1.70. The molecule has 0 radical (unpaired) electrons. The van der Waals surface area contributed by atoms with E-state index in [0.717, 1.165) is 5.57 Å². The van der Waals surface area contributed by atoms with Gasteiger partial charge in [-0.2, -0.15) is 0 Å². The molecule has 19 heavy (non-hydrogen) atoms. The van der Waals surface area contributed by atoms with Crippen molar-refractivity contribution in [1.82, 2.24) is 0 Å². The molecule has 0 aromatic rings. The van der Waals surface area contributed by atoms with E-state index in [0.29, 0.717) is 13.2 Å².